The molecule has 2 fully saturated rings. The molecule has 0 bridgehead atoms. The van der Waals surface area contributed by atoms with Crippen LogP contribution in [-0.2, 0) is 0 Å². The van der Waals surface area contributed by atoms with Gasteiger partial charge in [0.05, 0.1) is 9.26 Å². The fourth-order valence-electron chi connectivity index (χ4n) is 2.59. The molecule has 116 valence electrons. The molecular formula is C15H24IN5. The Hall–Kier alpha value is -0.630. The van der Waals surface area contributed by atoms with Crippen LogP contribution in [0.4, 0.5) is 11.8 Å². The fraction of sp³-hybridized carbons (Fsp3) is 0.733. The van der Waals surface area contributed by atoms with E-state index in [0.717, 1.165) is 50.9 Å². The normalized spacial score (nSPS) is 19.9. The molecule has 0 unspecified atom stereocenters. The van der Waals surface area contributed by atoms with E-state index in [0.29, 0.717) is 5.92 Å². The van der Waals surface area contributed by atoms with Crippen molar-refractivity contribution in [3.05, 3.63) is 9.26 Å². The highest BCUT2D eigenvalue weighted by molar-refractivity contribution is 14.1. The number of nitrogens with one attached hydrogen (secondary N) is 1. The maximum Gasteiger partial charge on any atom is 0.227 e. The minimum atomic E-state index is 0.660. The lowest BCUT2D eigenvalue weighted by atomic mass is 10.2. The van der Waals surface area contributed by atoms with Gasteiger partial charge in [-0.2, -0.15) is 4.98 Å². The van der Waals surface area contributed by atoms with Crippen molar-refractivity contribution in [3.8, 4) is 0 Å². The molecule has 0 radical (unpaired) electrons. The van der Waals surface area contributed by atoms with E-state index in [4.69, 9.17) is 9.97 Å². The largest absolute Gasteiger partial charge is 0.369 e. The predicted octanol–water partition coefficient (Wildman–Crippen LogP) is 2.53. The van der Waals surface area contributed by atoms with Gasteiger partial charge < -0.3 is 15.1 Å². The van der Waals surface area contributed by atoms with E-state index in [1.165, 1.54) is 22.1 Å². The van der Waals surface area contributed by atoms with E-state index in [1.54, 1.807) is 0 Å². The average Bonchev–Trinajstić information content (AvgIpc) is 3.32. The van der Waals surface area contributed by atoms with E-state index in [9.17, 15) is 0 Å². The zero-order chi connectivity index (χ0) is 14.8. The maximum absolute atomic E-state index is 4.90. The summed E-state index contributed by atoms with van der Waals surface area (Å²) in [5.41, 5.74) is 1.26. The molecule has 5 nitrogen and oxygen atoms in total. The Balaban J connectivity index is 1.86. The smallest absolute Gasteiger partial charge is 0.227 e. The van der Waals surface area contributed by atoms with E-state index in [2.05, 4.69) is 51.7 Å². The molecule has 0 amide bonds. The number of likely N-dealkylation sites (N-methyl/N-ethyl adjacent to an activating group) is 1. The molecule has 1 N–H and O–H groups in total. The quantitative estimate of drug-likeness (QED) is 0.769. The molecule has 2 heterocycles. The highest BCUT2D eigenvalue weighted by Crippen LogP contribution is 2.42. The predicted molar refractivity (Wildman–Crippen MR) is 95.2 cm³/mol. The first-order valence-corrected chi connectivity index (χ1v) is 9.01. The van der Waals surface area contributed by atoms with Crippen molar-refractivity contribution in [2.45, 2.75) is 32.1 Å². The van der Waals surface area contributed by atoms with Crippen molar-refractivity contribution in [3.63, 3.8) is 0 Å². The lowest BCUT2D eigenvalue weighted by Gasteiger charge is -2.32. The molecule has 1 saturated heterocycles. The number of hydrogen-bond donors (Lipinski definition) is 1. The van der Waals surface area contributed by atoms with Crippen molar-refractivity contribution < 1.29 is 0 Å². The molecule has 21 heavy (non-hydrogen) atoms. The second kappa shape index (κ2) is 6.64. The van der Waals surface area contributed by atoms with Crippen molar-refractivity contribution in [2.24, 2.45) is 0 Å². The molecule has 1 aromatic rings. The number of nitrogens with zero attached hydrogens (tertiary/aromatic N) is 4. The zero-order valence-corrected chi connectivity index (χ0v) is 15.1. The van der Waals surface area contributed by atoms with Crippen molar-refractivity contribution in [2.75, 3.05) is 50.0 Å². The van der Waals surface area contributed by atoms with Crippen LogP contribution in [-0.4, -0.2) is 54.6 Å². The first kappa shape index (κ1) is 15.3. The highest BCUT2D eigenvalue weighted by Gasteiger charge is 2.30. The van der Waals surface area contributed by atoms with Crippen LogP contribution in [0.2, 0.25) is 0 Å². The number of piperazine rings is 1. The van der Waals surface area contributed by atoms with Crippen LogP contribution < -0.4 is 10.2 Å². The fourth-order valence-corrected chi connectivity index (χ4v) is 3.46. The van der Waals surface area contributed by atoms with E-state index in [1.807, 2.05) is 0 Å². The molecule has 1 saturated carbocycles. The Morgan fingerprint density at radius 1 is 1.19 bits per heavy atom. The Kier molecular flexibility index (Phi) is 4.83. The summed E-state index contributed by atoms with van der Waals surface area (Å²) in [4.78, 5) is 14.4. The van der Waals surface area contributed by atoms with Gasteiger partial charge in [0.15, 0.2) is 0 Å². The van der Waals surface area contributed by atoms with Gasteiger partial charge in [0.1, 0.15) is 5.82 Å². The Morgan fingerprint density at radius 2 is 1.90 bits per heavy atom. The van der Waals surface area contributed by atoms with Gasteiger partial charge in [-0.1, -0.05) is 6.92 Å². The summed E-state index contributed by atoms with van der Waals surface area (Å²) in [5, 5.41) is 3.48. The van der Waals surface area contributed by atoms with Gasteiger partial charge >= 0.3 is 0 Å². The molecular weight excluding hydrogens is 377 g/mol. The van der Waals surface area contributed by atoms with E-state index in [-0.39, 0.29) is 0 Å². The lowest BCUT2D eigenvalue weighted by Crippen LogP contribution is -2.45. The second-order valence-corrected chi connectivity index (χ2v) is 7.14. The minimum absolute atomic E-state index is 0.660. The zero-order valence-electron chi connectivity index (χ0n) is 12.9. The lowest BCUT2D eigenvalue weighted by molar-refractivity contribution is 0.311. The molecule has 0 atom stereocenters. The third-order valence-corrected chi connectivity index (χ3v) is 5.22. The van der Waals surface area contributed by atoms with Gasteiger partial charge in [0, 0.05) is 38.6 Å². The molecule has 6 heteroatoms. The third-order valence-electron chi connectivity index (χ3n) is 4.16. The second-order valence-electron chi connectivity index (χ2n) is 6.06. The van der Waals surface area contributed by atoms with Crippen molar-refractivity contribution in [1.29, 1.82) is 0 Å². The summed E-state index contributed by atoms with van der Waals surface area (Å²) >= 11 is 2.41. The topological polar surface area (TPSA) is 44.3 Å². The van der Waals surface area contributed by atoms with Crippen LogP contribution in [0.5, 0.6) is 0 Å². The summed E-state index contributed by atoms with van der Waals surface area (Å²) in [5.74, 6) is 2.61. The van der Waals surface area contributed by atoms with Gasteiger partial charge in [-0.25, -0.2) is 4.98 Å². The van der Waals surface area contributed by atoms with Crippen LogP contribution in [0, 0.1) is 3.57 Å². The summed E-state index contributed by atoms with van der Waals surface area (Å²) in [7, 11) is 2.18. The average molecular weight is 401 g/mol. The SMILES string of the molecule is CCCNc1nc(N2CCN(C)CC2)nc(C2CC2)c1I. The molecule has 0 spiro atoms. The number of rotatable bonds is 5. The standard InChI is InChI=1S/C15H24IN5/c1-3-6-17-14-12(16)13(11-4-5-11)18-15(19-14)21-9-7-20(2)8-10-21/h11H,3-10H2,1-2H3,(H,17,18,19). The van der Waals surface area contributed by atoms with Crippen LogP contribution in [0.1, 0.15) is 37.8 Å². The highest BCUT2D eigenvalue weighted by atomic mass is 127. The van der Waals surface area contributed by atoms with Crippen LogP contribution in [0.15, 0.2) is 0 Å². The number of halogens is 1. The van der Waals surface area contributed by atoms with Gasteiger partial charge in [0.25, 0.3) is 0 Å². The van der Waals surface area contributed by atoms with Gasteiger partial charge in [-0.05, 0) is 48.9 Å². The van der Waals surface area contributed by atoms with Crippen molar-refractivity contribution >= 4 is 34.4 Å². The maximum atomic E-state index is 4.90. The summed E-state index contributed by atoms with van der Waals surface area (Å²) in [6.45, 7) is 7.38. The molecule has 1 aliphatic carbocycles. The molecule has 1 aliphatic heterocycles. The van der Waals surface area contributed by atoms with E-state index < -0.39 is 0 Å². The Bertz CT molecular complexity index is 495. The van der Waals surface area contributed by atoms with Gasteiger partial charge in [0.2, 0.25) is 5.95 Å². The monoisotopic (exact) mass is 401 g/mol. The Morgan fingerprint density at radius 3 is 2.52 bits per heavy atom. The molecule has 2 aliphatic rings. The molecule has 3 rings (SSSR count). The van der Waals surface area contributed by atoms with Crippen LogP contribution in [0.3, 0.4) is 0 Å². The number of hydrogen-bond acceptors (Lipinski definition) is 5. The first-order valence-electron chi connectivity index (χ1n) is 7.93. The summed E-state index contributed by atoms with van der Waals surface area (Å²) < 4.78 is 1.22. The molecule has 1 aromatic heterocycles. The van der Waals surface area contributed by atoms with Crippen molar-refractivity contribution in [1.82, 2.24) is 14.9 Å². The van der Waals surface area contributed by atoms with Gasteiger partial charge in [-0.15, -0.1) is 0 Å². The van der Waals surface area contributed by atoms with Gasteiger partial charge in [-0.3, -0.25) is 0 Å². The Labute approximate surface area is 140 Å². The summed E-state index contributed by atoms with van der Waals surface area (Å²) in [6, 6.07) is 0. The number of anilines is 2. The minimum Gasteiger partial charge on any atom is -0.369 e. The summed E-state index contributed by atoms with van der Waals surface area (Å²) in [6.07, 6.45) is 3.67. The first-order chi connectivity index (χ1) is 10.2. The van der Waals surface area contributed by atoms with E-state index >= 15 is 0 Å². The molecule has 0 aromatic carbocycles. The third kappa shape index (κ3) is 3.59. The van der Waals surface area contributed by atoms with Crippen LogP contribution >= 0.6 is 22.6 Å². The van der Waals surface area contributed by atoms with Crippen LogP contribution in [0.25, 0.3) is 0 Å². The number of aromatic nitrogens is 2.